The van der Waals surface area contributed by atoms with E-state index in [-0.39, 0.29) is 17.6 Å². The standard InChI is InChI=1S/C23H29N5O2/c1-16(22(29)24-18-10-11-19-20(14-18)26-23(30)25-19)27(2)15-17-8-4-5-9-21(17)28-12-6-3-7-13-28/h4-5,8-11,14,16H,3,6-7,12-13,15H2,1-2H3,(H,24,29)(H2,25,26,30)/t16-/m0/s1. The van der Waals surface area contributed by atoms with Gasteiger partial charge in [-0.25, -0.2) is 4.79 Å². The number of rotatable bonds is 6. The van der Waals surface area contributed by atoms with E-state index in [9.17, 15) is 9.59 Å². The summed E-state index contributed by atoms with van der Waals surface area (Å²) in [5, 5.41) is 2.96. The third kappa shape index (κ3) is 4.41. The summed E-state index contributed by atoms with van der Waals surface area (Å²) < 4.78 is 0. The maximum absolute atomic E-state index is 12.8. The first-order valence-corrected chi connectivity index (χ1v) is 10.6. The van der Waals surface area contributed by atoms with Crippen molar-refractivity contribution in [3.63, 3.8) is 0 Å². The number of anilines is 2. The smallest absolute Gasteiger partial charge is 0.323 e. The molecule has 2 aromatic carbocycles. The fourth-order valence-corrected chi connectivity index (χ4v) is 4.05. The fourth-order valence-electron chi connectivity index (χ4n) is 4.05. The van der Waals surface area contributed by atoms with Crippen molar-refractivity contribution < 1.29 is 4.79 Å². The van der Waals surface area contributed by atoms with Crippen molar-refractivity contribution in [1.29, 1.82) is 0 Å². The van der Waals surface area contributed by atoms with Crippen LogP contribution in [0.4, 0.5) is 11.4 Å². The molecule has 158 valence electrons. The molecule has 7 heteroatoms. The second kappa shape index (κ2) is 8.75. The molecular weight excluding hydrogens is 378 g/mol. The zero-order chi connectivity index (χ0) is 21.1. The number of fused-ring (bicyclic) bond motifs is 1. The number of H-pyrrole nitrogens is 2. The second-order valence-corrected chi connectivity index (χ2v) is 8.10. The number of nitrogens with one attached hydrogen (secondary N) is 3. The molecule has 1 aliphatic rings. The van der Waals surface area contributed by atoms with Gasteiger partial charge in [0.05, 0.1) is 17.1 Å². The Morgan fingerprint density at radius 1 is 1.10 bits per heavy atom. The molecule has 2 heterocycles. The van der Waals surface area contributed by atoms with Gasteiger partial charge in [-0.2, -0.15) is 0 Å². The summed E-state index contributed by atoms with van der Waals surface area (Å²) in [4.78, 5) is 34.2. The van der Waals surface area contributed by atoms with Gasteiger partial charge in [0.1, 0.15) is 0 Å². The third-order valence-corrected chi connectivity index (χ3v) is 5.93. The SMILES string of the molecule is C[C@@H](C(=O)Nc1ccc2[nH]c(=O)[nH]c2c1)N(C)Cc1ccccc1N1CCCCC1. The molecule has 1 aromatic heterocycles. The number of imidazole rings is 1. The van der Waals surface area contributed by atoms with Crippen LogP contribution in [0.3, 0.4) is 0 Å². The van der Waals surface area contributed by atoms with Crippen molar-refractivity contribution in [3.8, 4) is 0 Å². The molecule has 4 rings (SSSR count). The average molecular weight is 408 g/mol. The minimum absolute atomic E-state index is 0.0785. The van der Waals surface area contributed by atoms with Gasteiger partial charge in [-0.1, -0.05) is 18.2 Å². The van der Waals surface area contributed by atoms with E-state index in [1.165, 1.54) is 30.5 Å². The van der Waals surface area contributed by atoms with Crippen LogP contribution in [-0.4, -0.2) is 47.0 Å². The van der Waals surface area contributed by atoms with Gasteiger partial charge in [-0.05, 0) is 63.1 Å². The molecular formula is C23H29N5O2. The molecule has 1 amide bonds. The topological polar surface area (TPSA) is 84.2 Å². The molecule has 0 saturated carbocycles. The molecule has 0 bridgehead atoms. The number of nitrogens with zero attached hydrogens (tertiary/aromatic N) is 2. The summed E-state index contributed by atoms with van der Waals surface area (Å²) in [7, 11) is 1.98. The monoisotopic (exact) mass is 407 g/mol. The Morgan fingerprint density at radius 2 is 1.83 bits per heavy atom. The number of hydrogen-bond donors (Lipinski definition) is 3. The molecule has 1 fully saturated rings. The average Bonchev–Trinajstić information content (AvgIpc) is 3.13. The summed E-state index contributed by atoms with van der Waals surface area (Å²) in [6.07, 6.45) is 3.78. The number of benzene rings is 2. The van der Waals surface area contributed by atoms with Gasteiger partial charge in [0.25, 0.3) is 0 Å². The van der Waals surface area contributed by atoms with Crippen LogP contribution in [0, 0.1) is 0 Å². The van der Waals surface area contributed by atoms with Gasteiger partial charge in [-0.3, -0.25) is 9.69 Å². The molecule has 30 heavy (non-hydrogen) atoms. The number of aromatic nitrogens is 2. The van der Waals surface area contributed by atoms with Gasteiger partial charge < -0.3 is 20.2 Å². The van der Waals surface area contributed by atoms with Crippen LogP contribution in [0.5, 0.6) is 0 Å². The Hall–Kier alpha value is -3.06. The first-order chi connectivity index (χ1) is 14.5. The third-order valence-electron chi connectivity index (χ3n) is 5.93. The highest BCUT2D eigenvalue weighted by Gasteiger charge is 2.21. The van der Waals surface area contributed by atoms with Gasteiger partial charge >= 0.3 is 5.69 Å². The first kappa shape index (κ1) is 20.2. The normalized spacial score (nSPS) is 15.5. The van der Waals surface area contributed by atoms with E-state index < -0.39 is 0 Å². The van der Waals surface area contributed by atoms with Crippen molar-refractivity contribution in [2.45, 2.75) is 38.8 Å². The molecule has 0 aliphatic carbocycles. The van der Waals surface area contributed by atoms with Crippen LogP contribution in [0.1, 0.15) is 31.7 Å². The van der Waals surface area contributed by atoms with Crippen LogP contribution < -0.4 is 15.9 Å². The number of para-hydroxylation sites is 1. The number of piperidine rings is 1. The molecule has 7 nitrogen and oxygen atoms in total. The molecule has 0 unspecified atom stereocenters. The number of amides is 1. The maximum atomic E-state index is 12.8. The number of carbonyl (C=O) groups excluding carboxylic acids is 1. The van der Waals surface area contributed by atoms with E-state index >= 15 is 0 Å². The summed E-state index contributed by atoms with van der Waals surface area (Å²) in [6, 6.07) is 13.5. The number of likely N-dealkylation sites (N-methyl/N-ethyl adjacent to an activating group) is 1. The van der Waals surface area contributed by atoms with E-state index in [1.54, 1.807) is 18.2 Å². The summed E-state index contributed by atoms with van der Waals surface area (Å²) in [6.45, 7) is 4.81. The maximum Gasteiger partial charge on any atom is 0.323 e. The van der Waals surface area contributed by atoms with Gasteiger partial charge in [-0.15, -0.1) is 0 Å². The lowest BCUT2D eigenvalue weighted by Crippen LogP contribution is -2.39. The largest absolute Gasteiger partial charge is 0.371 e. The number of aromatic amines is 2. The van der Waals surface area contributed by atoms with Crippen molar-refractivity contribution >= 4 is 28.3 Å². The second-order valence-electron chi connectivity index (χ2n) is 8.10. The molecule has 0 radical (unpaired) electrons. The predicted molar refractivity (Wildman–Crippen MR) is 121 cm³/mol. The lowest BCUT2D eigenvalue weighted by Gasteiger charge is -2.32. The molecule has 3 N–H and O–H groups in total. The van der Waals surface area contributed by atoms with Crippen molar-refractivity contribution in [3.05, 3.63) is 58.5 Å². The number of hydrogen-bond acceptors (Lipinski definition) is 4. The minimum atomic E-state index is -0.305. The van der Waals surface area contributed by atoms with E-state index in [4.69, 9.17) is 0 Å². The highest BCUT2D eigenvalue weighted by Crippen LogP contribution is 2.25. The summed E-state index contributed by atoms with van der Waals surface area (Å²) in [5.74, 6) is -0.0785. The van der Waals surface area contributed by atoms with Gasteiger partial charge in [0.2, 0.25) is 5.91 Å². The minimum Gasteiger partial charge on any atom is -0.371 e. The Kier molecular flexibility index (Phi) is 5.90. The zero-order valence-corrected chi connectivity index (χ0v) is 17.6. The van der Waals surface area contributed by atoms with Crippen LogP contribution in [0.2, 0.25) is 0 Å². The Bertz CT molecular complexity index is 1080. The van der Waals surface area contributed by atoms with Gasteiger partial charge in [0.15, 0.2) is 0 Å². The van der Waals surface area contributed by atoms with Crippen molar-refractivity contribution in [1.82, 2.24) is 14.9 Å². The molecule has 0 spiro atoms. The molecule has 1 saturated heterocycles. The summed E-state index contributed by atoms with van der Waals surface area (Å²) in [5.41, 5.74) is 4.32. The van der Waals surface area contributed by atoms with E-state index in [2.05, 4.69) is 49.4 Å². The quantitative estimate of drug-likeness (QED) is 0.585. The predicted octanol–water partition coefficient (Wildman–Crippen LogP) is 3.31. The van der Waals surface area contributed by atoms with Crippen molar-refractivity contribution in [2.75, 3.05) is 30.4 Å². The van der Waals surface area contributed by atoms with Crippen LogP contribution in [-0.2, 0) is 11.3 Å². The first-order valence-electron chi connectivity index (χ1n) is 10.6. The van der Waals surface area contributed by atoms with Crippen molar-refractivity contribution in [2.24, 2.45) is 0 Å². The van der Waals surface area contributed by atoms with E-state index in [1.807, 2.05) is 14.0 Å². The highest BCUT2D eigenvalue weighted by atomic mass is 16.2. The molecule has 1 aliphatic heterocycles. The lowest BCUT2D eigenvalue weighted by molar-refractivity contribution is -0.120. The van der Waals surface area contributed by atoms with Crippen LogP contribution >= 0.6 is 0 Å². The Morgan fingerprint density at radius 3 is 2.63 bits per heavy atom. The number of carbonyl (C=O) groups is 1. The van der Waals surface area contributed by atoms with Crippen LogP contribution in [0.25, 0.3) is 11.0 Å². The molecule has 3 aromatic rings. The lowest BCUT2D eigenvalue weighted by atomic mass is 10.1. The Labute approximate surface area is 176 Å². The zero-order valence-electron chi connectivity index (χ0n) is 17.6. The van der Waals surface area contributed by atoms with E-state index in [0.29, 0.717) is 17.7 Å². The Balaban J connectivity index is 1.43. The van der Waals surface area contributed by atoms with Gasteiger partial charge in [0, 0.05) is 31.0 Å². The van der Waals surface area contributed by atoms with E-state index in [0.717, 1.165) is 18.6 Å². The highest BCUT2D eigenvalue weighted by molar-refractivity contribution is 5.96. The van der Waals surface area contributed by atoms with Crippen LogP contribution in [0.15, 0.2) is 47.3 Å². The summed E-state index contributed by atoms with van der Waals surface area (Å²) >= 11 is 0. The fraction of sp³-hybridized carbons (Fsp3) is 0.391. The molecule has 1 atom stereocenters.